The predicted octanol–water partition coefficient (Wildman–Crippen LogP) is 2.24. The Balaban J connectivity index is 2.53. The third-order valence-electron chi connectivity index (χ3n) is 3.15. The van der Waals surface area contributed by atoms with E-state index in [1.54, 1.807) is 0 Å². The van der Waals surface area contributed by atoms with Gasteiger partial charge in [0, 0.05) is 17.7 Å². The van der Waals surface area contributed by atoms with Crippen LogP contribution in [-0.4, -0.2) is 38.0 Å². The molecule has 1 N–H and O–H groups in total. The van der Waals surface area contributed by atoms with E-state index >= 15 is 0 Å². The van der Waals surface area contributed by atoms with Gasteiger partial charge in [-0.2, -0.15) is 0 Å². The van der Waals surface area contributed by atoms with Gasteiger partial charge in [0.15, 0.2) is 15.7 Å². The van der Waals surface area contributed by atoms with Crippen LogP contribution in [0.2, 0.25) is 0 Å². The first kappa shape index (κ1) is 15.4. The summed E-state index contributed by atoms with van der Waals surface area (Å²) in [5, 5.41) is 8.17. The summed E-state index contributed by atoms with van der Waals surface area (Å²) in [6, 6.07) is 2.15. The highest BCUT2D eigenvalue weighted by Gasteiger charge is 2.33. The molecule has 0 radical (unpaired) electrons. The molecular weight excluding hydrogens is 355 g/mol. The Kier molecular flexibility index (Phi) is 4.46. The quantitative estimate of drug-likeness (QED) is 0.886. The van der Waals surface area contributed by atoms with Gasteiger partial charge in [0.1, 0.15) is 4.90 Å². The monoisotopic (exact) mass is 366 g/mol. The fourth-order valence-electron chi connectivity index (χ4n) is 2.09. The molecule has 5 nitrogen and oxygen atoms in total. The summed E-state index contributed by atoms with van der Waals surface area (Å²) in [5.41, 5.74) is -0.662. The number of rotatable bonds is 3. The van der Waals surface area contributed by atoms with Crippen molar-refractivity contribution in [2.75, 3.05) is 13.2 Å². The molecule has 2 rings (SSSR count). The molecule has 1 fully saturated rings. The van der Waals surface area contributed by atoms with E-state index in [1.807, 2.05) is 0 Å². The summed E-state index contributed by atoms with van der Waals surface area (Å²) >= 11 is 3.01. The van der Waals surface area contributed by atoms with E-state index in [9.17, 15) is 17.6 Å². The van der Waals surface area contributed by atoms with Crippen molar-refractivity contribution >= 4 is 31.7 Å². The Morgan fingerprint density at radius 2 is 1.95 bits per heavy atom. The number of carboxylic acid groups (broad SMARTS) is 1. The Labute approximate surface area is 123 Å². The average molecular weight is 367 g/mol. The van der Waals surface area contributed by atoms with Gasteiger partial charge in [-0.05, 0) is 25.0 Å². The summed E-state index contributed by atoms with van der Waals surface area (Å²) in [4.78, 5) is 10.4. The highest BCUT2D eigenvalue weighted by Crippen LogP contribution is 2.30. The van der Waals surface area contributed by atoms with Crippen LogP contribution >= 0.6 is 15.9 Å². The zero-order valence-electron chi connectivity index (χ0n) is 10.3. The molecule has 1 aliphatic heterocycles. The second-order valence-electron chi connectivity index (χ2n) is 4.43. The van der Waals surface area contributed by atoms with Gasteiger partial charge in [0.2, 0.25) is 0 Å². The maximum absolute atomic E-state index is 14.1. The third kappa shape index (κ3) is 2.87. The van der Waals surface area contributed by atoms with Crippen molar-refractivity contribution < 1.29 is 27.4 Å². The van der Waals surface area contributed by atoms with E-state index in [4.69, 9.17) is 9.84 Å². The standard InChI is InChI=1S/C12H12BrFO5S/c13-7-5-9(12(15)16)11(14)10(6-7)20(17,18)8-1-3-19-4-2-8/h5-6,8H,1-4H2,(H,15,16). The molecule has 1 saturated heterocycles. The van der Waals surface area contributed by atoms with Crippen molar-refractivity contribution in [2.45, 2.75) is 23.0 Å². The molecule has 1 heterocycles. The first-order valence-electron chi connectivity index (χ1n) is 5.88. The van der Waals surface area contributed by atoms with Crippen molar-refractivity contribution in [2.24, 2.45) is 0 Å². The summed E-state index contributed by atoms with van der Waals surface area (Å²) in [7, 11) is -3.92. The number of hydrogen-bond donors (Lipinski definition) is 1. The van der Waals surface area contributed by atoms with Gasteiger partial charge in [-0.3, -0.25) is 0 Å². The number of carboxylic acids is 1. The van der Waals surface area contributed by atoms with Gasteiger partial charge in [0.25, 0.3) is 0 Å². The number of ether oxygens (including phenoxy) is 1. The lowest BCUT2D eigenvalue weighted by Crippen LogP contribution is -2.29. The SMILES string of the molecule is O=C(O)c1cc(Br)cc(S(=O)(=O)C2CCOCC2)c1F. The fraction of sp³-hybridized carbons (Fsp3) is 0.417. The lowest BCUT2D eigenvalue weighted by Gasteiger charge is -2.22. The maximum Gasteiger partial charge on any atom is 0.338 e. The third-order valence-corrected chi connectivity index (χ3v) is 5.87. The Hall–Kier alpha value is -0.990. The highest BCUT2D eigenvalue weighted by molar-refractivity contribution is 9.10. The Bertz CT molecular complexity index is 637. The highest BCUT2D eigenvalue weighted by atomic mass is 79.9. The second-order valence-corrected chi connectivity index (χ2v) is 7.54. The summed E-state index contributed by atoms with van der Waals surface area (Å²) in [6.07, 6.45) is 0.549. The molecule has 0 bridgehead atoms. The van der Waals surface area contributed by atoms with E-state index in [-0.39, 0.29) is 17.3 Å². The molecule has 20 heavy (non-hydrogen) atoms. The van der Waals surface area contributed by atoms with Crippen molar-refractivity contribution in [3.05, 3.63) is 28.0 Å². The lowest BCUT2D eigenvalue weighted by atomic mass is 10.2. The van der Waals surface area contributed by atoms with Crippen molar-refractivity contribution in [3.8, 4) is 0 Å². The minimum absolute atomic E-state index is 0.210. The number of carbonyl (C=O) groups is 1. The number of halogens is 2. The molecule has 0 amide bonds. The maximum atomic E-state index is 14.1. The molecule has 110 valence electrons. The van der Waals surface area contributed by atoms with Crippen LogP contribution < -0.4 is 0 Å². The summed E-state index contributed by atoms with van der Waals surface area (Å²) < 4.78 is 44.3. The molecule has 1 aromatic carbocycles. The minimum atomic E-state index is -3.92. The van der Waals surface area contributed by atoms with Gasteiger partial charge < -0.3 is 9.84 Å². The zero-order valence-corrected chi connectivity index (χ0v) is 12.7. The van der Waals surface area contributed by atoms with Crippen LogP contribution in [0.25, 0.3) is 0 Å². The van der Waals surface area contributed by atoms with Gasteiger partial charge in [-0.25, -0.2) is 17.6 Å². The van der Waals surface area contributed by atoms with Crippen LogP contribution in [0.4, 0.5) is 4.39 Å². The topological polar surface area (TPSA) is 80.7 Å². The molecular formula is C12H12BrFO5S. The number of sulfone groups is 1. The lowest BCUT2D eigenvalue weighted by molar-refractivity contribution is 0.0691. The molecule has 1 aliphatic rings. The molecule has 0 saturated carbocycles. The van der Waals surface area contributed by atoms with Gasteiger partial charge in [-0.15, -0.1) is 0 Å². The molecule has 0 unspecified atom stereocenters. The van der Waals surface area contributed by atoms with Crippen LogP contribution in [0.3, 0.4) is 0 Å². The number of aromatic carboxylic acids is 1. The molecule has 0 spiro atoms. The second kappa shape index (κ2) is 5.79. The normalized spacial score (nSPS) is 17.1. The minimum Gasteiger partial charge on any atom is -0.478 e. The molecule has 1 aromatic rings. The van der Waals surface area contributed by atoms with Crippen molar-refractivity contribution in [1.29, 1.82) is 0 Å². The number of benzene rings is 1. The summed E-state index contributed by atoms with van der Waals surface area (Å²) in [6.45, 7) is 0.594. The predicted molar refractivity (Wildman–Crippen MR) is 72.1 cm³/mol. The van der Waals surface area contributed by atoms with E-state index in [0.717, 1.165) is 12.1 Å². The number of hydrogen-bond acceptors (Lipinski definition) is 4. The average Bonchev–Trinajstić information content (AvgIpc) is 2.41. The molecule has 8 heteroatoms. The fourth-order valence-corrected chi connectivity index (χ4v) is 4.53. The van der Waals surface area contributed by atoms with Crippen LogP contribution in [0, 0.1) is 5.82 Å². The van der Waals surface area contributed by atoms with E-state index < -0.39 is 37.3 Å². The van der Waals surface area contributed by atoms with Crippen LogP contribution in [0.1, 0.15) is 23.2 Å². The van der Waals surface area contributed by atoms with Gasteiger partial charge >= 0.3 is 5.97 Å². The first-order valence-corrected chi connectivity index (χ1v) is 8.22. The van der Waals surface area contributed by atoms with Gasteiger partial charge in [-0.1, -0.05) is 15.9 Å². The van der Waals surface area contributed by atoms with Crippen molar-refractivity contribution in [1.82, 2.24) is 0 Å². The van der Waals surface area contributed by atoms with E-state index in [0.29, 0.717) is 13.2 Å². The summed E-state index contributed by atoms with van der Waals surface area (Å²) in [5.74, 6) is -2.72. The molecule has 0 aromatic heterocycles. The first-order chi connectivity index (χ1) is 9.34. The zero-order chi connectivity index (χ0) is 14.9. The van der Waals surface area contributed by atoms with E-state index in [2.05, 4.69) is 15.9 Å². The Morgan fingerprint density at radius 3 is 2.50 bits per heavy atom. The smallest absolute Gasteiger partial charge is 0.338 e. The molecule has 0 atom stereocenters. The van der Waals surface area contributed by atoms with Crippen LogP contribution in [-0.2, 0) is 14.6 Å². The Morgan fingerprint density at radius 1 is 1.35 bits per heavy atom. The van der Waals surface area contributed by atoms with Gasteiger partial charge in [0.05, 0.1) is 10.8 Å². The van der Waals surface area contributed by atoms with Crippen molar-refractivity contribution in [3.63, 3.8) is 0 Å². The van der Waals surface area contributed by atoms with Crippen LogP contribution in [0.5, 0.6) is 0 Å². The van der Waals surface area contributed by atoms with E-state index in [1.165, 1.54) is 0 Å². The molecule has 0 aliphatic carbocycles. The largest absolute Gasteiger partial charge is 0.478 e. The van der Waals surface area contributed by atoms with Crippen LogP contribution in [0.15, 0.2) is 21.5 Å².